The third-order valence-corrected chi connectivity index (χ3v) is 3.41. The number of nitrogens with two attached hydrogens (primary N) is 1. The predicted molar refractivity (Wildman–Crippen MR) is 70.5 cm³/mol. The number of anilines is 1. The molecule has 3 rings (SSSR count). The fourth-order valence-corrected chi connectivity index (χ4v) is 2.42. The van der Waals surface area contributed by atoms with Gasteiger partial charge in [0.05, 0.1) is 11.3 Å². The van der Waals surface area contributed by atoms with Gasteiger partial charge >= 0.3 is 0 Å². The first-order chi connectivity index (χ1) is 9.28. The number of thiophene rings is 1. The Morgan fingerprint density at radius 2 is 2.37 bits per heavy atom. The summed E-state index contributed by atoms with van der Waals surface area (Å²) in [6, 6.07) is 1.94. The summed E-state index contributed by atoms with van der Waals surface area (Å²) in [4.78, 5) is 4.33. The molecule has 0 unspecified atom stereocenters. The summed E-state index contributed by atoms with van der Waals surface area (Å²) in [5.41, 5.74) is 7.54. The summed E-state index contributed by atoms with van der Waals surface area (Å²) in [5, 5.41) is 15.7. The van der Waals surface area contributed by atoms with E-state index >= 15 is 0 Å². The molecule has 0 aliphatic rings. The van der Waals surface area contributed by atoms with Crippen LogP contribution in [0, 0.1) is 0 Å². The van der Waals surface area contributed by atoms with Crippen molar-refractivity contribution in [2.45, 2.75) is 19.9 Å². The van der Waals surface area contributed by atoms with Gasteiger partial charge in [-0.25, -0.2) is 4.68 Å². The van der Waals surface area contributed by atoms with E-state index in [9.17, 15) is 0 Å². The van der Waals surface area contributed by atoms with Crippen LogP contribution < -0.4 is 5.73 Å². The monoisotopic (exact) mass is 276 g/mol. The highest BCUT2D eigenvalue weighted by atomic mass is 32.1. The van der Waals surface area contributed by atoms with Crippen LogP contribution in [0.15, 0.2) is 21.3 Å². The normalized spacial score (nSPS) is 11.0. The summed E-state index contributed by atoms with van der Waals surface area (Å²) in [6.07, 6.45) is 0.758. The average molecular weight is 276 g/mol. The van der Waals surface area contributed by atoms with E-state index in [0.29, 0.717) is 24.1 Å². The Hall–Kier alpha value is -2.22. The molecular formula is C11H12N6OS. The van der Waals surface area contributed by atoms with Crippen molar-refractivity contribution in [1.29, 1.82) is 0 Å². The lowest BCUT2D eigenvalue weighted by Gasteiger charge is -2.00. The molecule has 0 aliphatic heterocycles. The summed E-state index contributed by atoms with van der Waals surface area (Å²) in [7, 11) is 0. The Morgan fingerprint density at radius 3 is 3.11 bits per heavy atom. The molecule has 7 nitrogen and oxygen atoms in total. The quantitative estimate of drug-likeness (QED) is 0.777. The zero-order valence-corrected chi connectivity index (χ0v) is 11.1. The van der Waals surface area contributed by atoms with Gasteiger partial charge in [-0.15, -0.1) is 5.10 Å². The van der Waals surface area contributed by atoms with Crippen LogP contribution in [0.25, 0.3) is 11.5 Å². The molecule has 0 amide bonds. The van der Waals surface area contributed by atoms with Crippen molar-refractivity contribution in [1.82, 2.24) is 25.1 Å². The van der Waals surface area contributed by atoms with Crippen molar-refractivity contribution in [3.05, 3.63) is 28.3 Å². The van der Waals surface area contributed by atoms with Crippen LogP contribution in [0.5, 0.6) is 0 Å². The third-order valence-electron chi connectivity index (χ3n) is 2.73. The minimum Gasteiger partial charge on any atom is -0.381 e. The highest BCUT2D eigenvalue weighted by molar-refractivity contribution is 7.08. The topological polar surface area (TPSA) is 95.7 Å². The van der Waals surface area contributed by atoms with Gasteiger partial charge in [-0.1, -0.05) is 17.3 Å². The van der Waals surface area contributed by atoms with Crippen LogP contribution in [0.2, 0.25) is 0 Å². The van der Waals surface area contributed by atoms with E-state index in [1.54, 1.807) is 16.0 Å². The van der Waals surface area contributed by atoms with Crippen LogP contribution in [-0.2, 0) is 13.0 Å². The van der Waals surface area contributed by atoms with Crippen LogP contribution in [-0.4, -0.2) is 25.1 Å². The Morgan fingerprint density at radius 1 is 1.47 bits per heavy atom. The van der Waals surface area contributed by atoms with Crippen LogP contribution in [0.3, 0.4) is 0 Å². The molecule has 0 spiro atoms. The van der Waals surface area contributed by atoms with Gasteiger partial charge in [-0.3, -0.25) is 0 Å². The molecule has 0 saturated carbocycles. The highest BCUT2D eigenvalue weighted by Crippen LogP contribution is 2.20. The third kappa shape index (κ3) is 2.22. The van der Waals surface area contributed by atoms with Crippen molar-refractivity contribution in [3.63, 3.8) is 0 Å². The van der Waals surface area contributed by atoms with Crippen molar-refractivity contribution in [2.75, 3.05) is 5.73 Å². The second-order valence-electron chi connectivity index (χ2n) is 3.96. The van der Waals surface area contributed by atoms with E-state index in [2.05, 4.69) is 20.5 Å². The van der Waals surface area contributed by atoms with E-state index in [0.717, 1.165) is 17.7 Å². The van der Waals surface area contributed by atoms with Crippen LogP contribution >= 0.6 is 11.3 Å². The van der Waals surface area contributed by atoms with Gasteiger partial charge in [0, 0.05) is 5.38 Å². The maximum absolute atomic E-state index is 5.73. The Bertz CT molecular complexity index is 671. The number of aromatic nitrogens is 5. The fraction of sp³-hybridized carbons (Fsp3) is 0.273. The van der Waals surface area contributed by atoms with Gasteiger partial charge in [-0.05, 0) is 17.9 Å². The first kappa shape index (κ1) is 11.8. The summed E-state index contributed by atoms with van der Waals surface area (Å²) < 4.78 is 6.91. The average Bonchev–Trinajstić information content (AvgIpc) is 3.11. The molecule has 0 bridgehead atoms. The molecule has 3 aromatic rings. The molecule has 8 heteroatoms. The minimum absolute atomic E-state index is 0.404. The number of nitrogens with zero attached hydrogens (tertiary/aromatic N) is 5. The second kappa shape index (κ2) is 4.81. The molecule has 0 fully saturated rings. The van der Waals surface area contributed by atoms with E-state index < -0.39 is 0 Å². The first-order valence-electron chi connectivity index (χ1n) is 5.81. The maximum atomic E-state index is 5.73. The van der Waals surface area contributed by atoms with Crippen LogP contribution in [0.4, 0.5) is 5.82 Å². The van der Waals surface area contributed by atoms with Crippen molar-refractivity contribution >= 4 is 17.2 Å². The number of rotatable bonds is 4. The SMILES string of the molecule is CCc1c(N)nnn1Cc1noc(-c2ccsc2)n1. The first-order valence-corrected chi connectivity index (χ1v) is 6.75. The van der Waals surface area contributed by atoms with Gasteiger partial charge in [0.25, 0.3) is 5.89 Å². The van der Waals surface area contributed by atoms with E-state index in [4.69, 9.17) is 10.3 Å². The summed E-state index contributed by atoms with van der Waals surface area (Å²) >= 11 is 1.59. The Labute approximate surface area is 113 Å². The lowest BCUT2D eigenvalue weighted by Crippen LogP contribution is -2.07. The lowest BCUT2D eigenvalue weighted by molar-refractivity contribution is 0.417. The zero-order chi connectivity index (χ0) is 13.2. The molecule has 0 saturated heterocycles. The van der Waals surface area contributed by atoms with Crippen LogP contribution in [0.1, 0.15) is 18.4 Å². The second-order valence-corrected chi connectivity index (χ2v) is 4.74. The van der Waals surface area contributed by atoms with Crippen molar-refractivity contribution in [2.24, 2.45) is 0 Å². The van der Waals surface area contributed by atoms with E-state index in [1.807, 2.05) is 23.8 Å². The van der Waals surface area contributed by atoms with Gasteiger partial charge in [0.1, 0.15) is 6.54 Å². The van der Waals surface area contributed by atoms with Gasteiger partial charge in [-0.2, -0.15) is 16.3 Å². The molecule has 0 radical (unpaired) electrons. The minimum atomic E-state index is 0.404. The molecule has 3 heterocycles. The van der Waals surface area contributed by atoms with Crippen molar-refractivity contribution in [3.8, 4) is 11.5 Å². The molecule has 0 aromatic carbocycles. The van der Waals surface area contributed by atoms with Crippen molar-refractivity contribution < 1.29 is 4.52 Å². The zero-order valence-electron chi connectivity index (χ0n) is 10.3. The van der Waals surface area contributed by atoms with Gasteiger partial charge < -0.3 is 10.3 Å². The van der Waals surface area contributed by atoms with Gasteiger partial charge in [0.15, 0.2) is 11.6 Å². The predicted octanol–water partition coefficient (Wildman–Crippen LogP) is 1.58. The summed E-state index contributed by atoms with van der Waals surface area (Å²) in [6.45, 7) is 2.40. The van der Waals surface area contributed by atoms with E-state index in [1.165, 1.54) is 0 Å². The van der Waals surface area contributed by atoms with E-state index in [-0.39, 0.29) is 0 Å². The Balaban J connectivity index is 1.84. The largest absolute Gasteiger partial charge is 0.381 e. The molecule has 98 valence electrons. The number of hydrogen-bond acceptors (Lipinski definition) is 7. The molecule has 19 heavy (non-hydrogen) atoms. The molecule has 0 atom stereocenters. The molecule has 2 N–H and O–H groups in total. The summed E-state index contributed by atoms with van der Waals surface area (Å²) in [5.74, 6) is 1.52. The molecular weight excluding hydrogens is 264 g/mol. The van der Waals surface area contributed by atoms with Gasteiger partial charge in [0.2, 0.25) is 0 Å². The standard InChI is InChI=1S/C11H12N6OS/c1-2-8-10(12)14-16-17(8)5-9-13-11(18-15-9)7-3-4-19-6-7/h3-4,6H,2,5,12H2,1H3. The lowest BCUT2D eigenvalue weighted by atomic mass is 10.3. The smallest absolute Gasteiger partial charge is 0.258 e. The molecule has 0 aliphatic carbocycles. The maximum Gasteiger partial charge on any atom is 0.258 e. The number of hydrogen-bond donors (Lipinski definition) is 1. The fourth-order valence-electron chi connectivity index (χ4n) is 1.79. The highest BCUT2D eigenvalue weighted by Gasteiger charge is 2.13. The Kier molecular flexibility index (Phi) is 3.00. The number of nitrogen functional groups attached to an aromatic ring is 1. The molecule has 3 aromatic heterocycles.